The van der Waals surface area contributed by atoms with Crippen LogP contribution in [0.15, 0.2) is 22.7 Å². The lowest BCUT2D eigenvalue weighted by Gasteiger charge is -2.11. The van der Waals surface area contributed by atoms with Crippen molar-refractivity contribution in [1.82, 2.24) is 5.32 Å². The van der Waals surface area contributed by atoms with Crippen LogP contribution in [0.3, 0.4) is 0 Å². The third-order valence-electron chi connectivity index (χ3n) is 1.93. The zero-order valence-electron chi connectivity index (χ0n) is 9.59. The van der Waals surface area contributed by atoms with Crippen LogP contribution in [0.5, 0.6) is 5.75 Å². The van der Waals surface area contributed by atoms with E-state index in [0.717, 1.165) is 4.47 Å². The number of amides is 1. The smallest absolute Gasteiger partial charge is 0.344 e. The number of benzene rings is 1. The molecule has 100 valence electrons. The Hall–Kier alpha value is -0.880. The van der Waals surface area contributed by atoms with E-state index < -0.39 is 19.8 Å². The second-order valence-electron chi connectivity index (χ2n) is 3.40. The molecule has 0 aromatic heterocycles. The first-order valence-corrected chi connectivity index (χ1v) is 7.67. The van der Waals surface area contributed by atoms with Crippen LogP contribution in [0.4, 0.5) is 0 Å². The van der Waals surface area contributed by atoms with Crippen LogP contribution in [0.2, 0.25) is 0 Å². The Morgan fingerprint density at radius 1 is 1.50 bits per heavy atom. The molecule has 0 saturated heterocycles. The van der Waals surface area contributed by atoms with Gasteiger partial charge in [-0.05, 0) is 25.1 Å². The number of hydrogen-bond donors (Lipinski definition) is 3. The predicted molar refractivity (Wildman–Crippen MR) is 69.7 cm³/mol. The highest BCUT2D eigenvalue weighted by Gasteiger charge is 2.18. The van der Waals surface area contributed by atoms with Crippen molar-refractivity contribution in [3.63, 3.8) is 0 Å². The number of carbonyl (C=O) groups is 1. The molecule has 6 nitrogen and oxygen atoms in total. The summed E-state index contributed by atoms with van der Waals surface area (Å²) in [7, 11) is -4.26. The Balaban J connectivity index is 2.87. The summed E-state index contributed by atoms with van der Waals surface area (Å²) in [6, 6.07) is 4.79. The van der Waals surface area contributed by atoms with E-state index in [2.05, 4.69) is 21.2 Å². The molecule has 3 N–H and O–H groups in total. The SMILES string of the molecule is CCOc1cc(Br)ccc1C(=O)NCP(=O)(O)O. The summed E-state index contributed by atoms with van der Waals surface area (Å²) >= 11 is 3.25. The highest BCUT2D eigenvalue weighted by molar-refractivity contribution is 9.10. The summed E-state index contributed by atoms with van der Waals surface area (Å²) in [6.07, 6.45) is -0.701. The molecule has 0 spiro atoms. The minimum atomic E-state index is -4.26. The molecule has 18 heavy (non-hydrogen) atoms. The van der Waals surface area contributed by atoms with E-state index in [-0.39, 0.29) is 5.56 Å². The zero-order valence-corrected chi connectivity index (χ0v) is 12.1. The average molecular weight is 338 g/mol. The third-order valence-corrected chi connectivity index (χ3v) is 3.00. The van der Waals surface area contributed by atoms with Gasteiger partial charge in [-0.2, -0.15) is 0 Å². The molecule has 0 aliphatic carbocycles. The van der Waals surface area contributed by atoms with Crippen molar-refractivity contribution in [2.24, 2.45) is 0 Å². The number of carbonyl (C=O) groups excluding carboxylic acids is 1. The Bertz CT molecular complexity index is 487. The molecule has 0 bridgehead atoms. The summed E-state index contributed by atoms with van der Waals surface area (Å²) in [5.74, 6) is -0.232. The molecule has 1 amide bonds. The van der Waals surface area contributed by atoms with Crippen LogP contribution < -0.4 is 10.1 Å². The van der Waals surface area contributed by atoms with Gasteiger partial charge in [0.05, 0.1) is 12.2 Å². The van der Waals surface area contributed by atoms with Crippen LogP contribution in [-0.2, 0) is 4.57 Å². The van der Waals surface area contributed by atoms with Gasteiger partial charge >= 0.3 is 7.60 Å². The van der Waals surface area contributed by atoms with Crippen LogP contribution in [0, 0.1) is 0 Å². The normalized spacial score (nSPS) is 11.1. The minimum Gasteiger partial charge on any atom is -0.493 e. The standard InChI is InChI=1S/C10H13BrNO5P/c1-2-17-9-5-7(11)3-4-8(9)10(13)12-6-18(14,15)16/h3-5H,2,6H2,1H3,(H,12,13)(H2,14,15,16). The fourth-order valence-corrected chi connectivity index (χ4v) is 1.92. The largest absolute Gasteiger partial charge is 0.493 e. The quantitative estimate of drug-likeness (QED) is 0.711. The van der Waals surface area contributed by atoms with Crippen molar-refractivity contribution in [2.45, 2.75) is 6.92 Å². The topological polar surface area (TPSA) is 95.9 Å². The van der Waals surface area contributed by atoms with E-state index in [9.17, 15) is 9.36 Å². The monoisotopic (exact) mass is 337 g/mol. The Labute approximate surface area is 113 Å². The molecule has 0 unspecified atom stereocenters. The maximum atomic E-state index is 11.7. The maximum Gasteiger partial charge on any atom is 0.344 e. The van der Waals surface area contributed by atoms with Crippen molar-refractivity contribution in [3.8, 4) is 5.75 Å². The van der Waals surface area contributed by atoms with E-state index >= 15 is 0 Å². The number of ether oxygens (including phenoxy) is 1. The number of halogens is 1. The van der Waals surface area contributed by atoms with Crippen molar-refractivity contribution >= 4 is 29.4 Å². The van der Waals surface area contributed by atoms with Gasteiger partial charge in [0.2, 0.25) is 0 Å². The lowest BCUT2D eigenvalue weighted by molar-refractivity contribution is 0.0953. The molecule has 0 fully saturated rings. The van der Waals surface area contributed by atoms with Crippen LogP contribution in [-0.4, -0.2) is 28.6 Å². The molecule has 1 aromatic rings. The van der Waals surface area contributed by atoms with Gasteiger partial charge in [-0.1, -0.05) is 15.9 Å². The van der Waals surface area contributed by atoms with Gasteiger partial charge in [-0.15, -0.1) is 0 Å². The van der Waals surface area contributed by atoms with E-state index in [0.29, 0.717) is 12.4 Å². The van der Waals surface area contributed by atoms with Crippen molar-refractivity contribution < 1.29 is 23.9 Å². The van der Waals surface area contributed by atoms with Crippen LogP contribution in [0.1, 0.15) is 17.3 Å². The number of rotatable bonds is 5. The fourth-order valence-electron chi connectivity index (χ4n) is 1.23. The van der Waals surface area contributed by atoms with Crippen molar-refractivity contribution in [2.75, 3.05) is 12.9 Å². The number of nitrogens with one attached hydrogen (secondary N) is 1. The van der Waals surface area contributed by atoms with Gasteiger partial charge in [0.15, 0.2) is 0 Å². The van der Waals surface area contributed by atoms with Gasteiger partial charge in [-0.3, -0.25) is 9.36 Å². The molecule has 0 aliphatic rings. The molecule has 0 aliphatic heterocycles. The van der Waals surface area contributed by atoms with E-state index in [1.165, 1.54) is 6.07 Å². The lowest BCUT2D eigenvalue weighted by atomic mass is 10.2. The molecular formula is C10H13BrNO5P. The van der Waals surface area contributed by atoms with E-state index in [1.54, 1.807) is 19.1 Å². The first-order chi connectivity index (χ1) is 8.33. The van der Waals surface area contributed by atoms with E-state index in [4.69, 9.17) is 14.5 Å². The Kier molecular flexibility index (Phi) is 5.34. The molecule has 1 rings (SSSR count). The van der Waals surface area contributed by atoms with Crippen LogP contribution >= 0.6 is 23.5 Å². The van der Waals surface area contributed by atoms with Gasteiger partial charge in [-0.25, -0.2) is 0 Å². The number of hydrogen-bond acceptors (Lipinski definition) is 3. The molecule has 0 heterocycles. The zero-order chi connectivity index (χ0) is 13.8. The molecule has 1 aromatic carbocycles. The summed E-state index contributed by atoms with van der Waals surface area (Å²) in [5, 5.41) is 2.16. The summed E-state index contributed by atoms with van der Waals surface area (Å²) in [6.45, 7) is 2.16. The molecule has 0 saturated carbocycles. The second kappa shape index (κ2) is 6.33. The highest BCUT2D eigenvalue weighted by atomic mass is 79.9. The third kappa shape index (κ3) is 4.78. The van der Waals surface area contributed by atoms with Gasteiger partial charge in [0, 0.05) is 4.47 Å². The predicted octanol–water partition coefficient (Wildman–Crippen LogP) is 1.71. The first-order valence-electron chi connectivity index (χ1n) is 5.08. The molecule has 0 atom stereocenters. The molecule has 0 radical (unpaired) electrons. The fraction of sp³-hybridized carbons (Fsp3) is 0.300. The highest BCUT2D eigenvalue weighted by Crippen LogP contribution is 2.32. The van der Waals surface area contributed by atoms with Crippen molar-refractivity contribution in [1.29, 1.82) is 0 Å². The van der Waals surface area contributed by atoms with Gasteiger partial charge < -0.3 is 19.8 Å². The van der Waals surface area contributed by atoms with Gasteiger partial charge in [0.1, 0.15) is 12.0 Å². The van der Waals surface area contributed by atoms with Gasteiger partial charge in [0.25, 0.3) is 5.91 Å². The lowest BCUT2D eigenvalue weighted by Crippen LogP contribution is -2.25. The van der Waals surface area contributed by atoms with E-state index in [1.807, 2.05) is 0 Å². The summed E-state index contributed by atoms with van der Waals surface area (Å²) in [4.78, 5) is 29.1. The minimum absolute atomic E-state index is 0.230. The Morgan fingerprint density at radius 2 is 2.17 bits per heavy atom. The molecule has 8 heteroatoms. The maximum absolute atomic E-state index is 11.7. The van der Waals surface area contributed by atoms with Crippen molar-refractivity contribution in [3.05, 3.63) is 28.2 Å². The summed E-state index contributed by atoms with van der Waals surface area (Å²) < 4.78 is 16.7. The second-order valence-corrected chi connectivity index (χ2v) is 5.96. The average Bonchev–Trinajstić information content (AvgIpc) is 2.25. The Morgan fingerprint density at radius 3 is 2.72 bits per heavy atom. The van der Waals surface area contributed by atoms with Crippen LogP contribution in [0.25, 0.3) is 0 Å². The summed E-state index contributed by atoms with van der Waals surface area (Å²) in [5.41, 5.74) is 0.230. The molecular weight excluding hydrogens is 325 g/mol. The first kappa shape index (κ1) is 15.2.